The van der Waals surface area contributed by atoms with E-state index in [1.54, 1.807) is 0 Å². The largest absolute Gasteiger partial charge is 0.443 e. The van der Waals surface area contributed by atoms with E-state index in [1.165, 1.54) is 0 Å². The van der Waals surface area contributed by atoms with Crippen LogP contribution in [0.3, 0.4) is 0 Å². The lowest BCUT2D eigenvalue weighted by Gasteiger charge is -2.16. The van der Waals surface area contributed by atoms with Crippen molar-refractivity contribution in [2.45, 2.75) is 44.3 Å². The second-order valence-electron chi connectivity index (χ2n) is 4.07. The molecule has 3 unspecified atom stereocenters. The number of aromatic nitrogens is 1. The zero-order valence-electron chi connectivity index (χ0n) is 9.07. The summed E-state index contributed by atoms with van der Waals surface area (Å²) in [6, 6.07) is 0. The number of hydrogen-bond acceptors (Lipinski definition) is 4. The molecule has 2 rings (SSSR count). The molecule has 0 spiro atoms. The first-order valence-electron chi connectivity index (χ1n) is 5.24. The van der Waals surface area contributed by atoms with Crippen LogP contribution in [0.5, 0.6) is 0 Å². The highest BCUT2D eigenvalue weighted by molar-refractivity contribution is 7.11. The Morgan fingerprint density at radius 2 is 2.24 bits per heavy atom. The Morgan fingerprint density at radius 1 is 1.53 bits per heavy atom. The number of alkyl halides is 3. The molecule has 3 atom stereocenters. The van der Waals surface area contributed by atoms with Crippen LogP contribution in [-0.2, 0) is 10.9 Å². The lowest BCUT2D eigenvalue weighted by atomic mass is 10.1. The quantitative estimate of drug-likeness (QED) is 0.896. The Hall–Kier alpha value is -0.660. The van der Waals surface area contributed by atoms with Crippen molar-refractivity contribution >= 4 is 11.3 Å². The van der Waals surface area contributed by atoms with Crippen LogP contribution in [0.1, 0.15) is 35.8 Å². The maximum atomic E-state index is 12.3. The third kappa shape index (κ3) is 2.78. The fraction of sp³-hybridized carbons (Fsp3) is 0.700. The molecule has 0 bridgehead atoms. The summed E-state index contributed by atoms with van der Waals surface area (Å²) >= 11 is 0.470. The lowest BCUT2D eigenvalue weighted by Crippen LogP contribution is -2.17. The molecular formula is C10H12F3NO2S. The van der Waals surface area contributed by atoms with Crippen LogP contribution >= 0.6 is 11.3 Å². The van der Waals surface area contributed by atoms with E-state index in [1.807, 2.05) is 6.92 Å². The Bertz CT molecular complexity index is 393. The van der Waals surface area contributed by atoms with Gasteiger partial charge in [0.15, 0.2) is 5.01 Å². The Kier molecular flexibility index (Phi) is 3.42. The minimum absolute atomic E-state index is 0.0460. The third-order valence-electron chi connectivity index (χ3n) is 2.67. The molecule has 0 radical (unpaired) electrons. The van der Waals surface area contributed by atoms with Crippen LogP contribution in [0.4, 0.5) is 13.2 Å². The van der Waals surface area contributed by atoms with Crippen LogP contribution in [0, 0.1) is 0 Å². The molecule has 0 amide bonds. The molecule has 7 heteroatoms. The number of hydrogen-bond donors (Lipinski definition) is 1. The number of thiazole rings is 1. The van der Waals surface area contributed by atoms with Crippen LogP contribution in [-0.4, -0.2) is 22.3 Å². The molecule has 1 fully saturated rings. The van der Waals surface area contributed by atoms with Crippen molar-refractivity contribution in [1.29, 1.82) is 0 Å². The van der Waals surface area contributed by atoms with Gasteiger partial charge in [0.2, 0.25) is 0 Å². The average Bonchev–Trinajstić information content (AvgIpc) is 2.83. The van der Waals surface area contributed by atoms with Crippen molar-refractivity contribution in [2.75, 3.05) is 0 Å². The summed E-state index contributed by atoms with van der Waals surface area (Å²) in [5.74, 6) is 0. The minimum atomic E-state index is -4.45. The fourth-order valence-electron chi connectivity index (χ4n) is 1.80. The summed E-state index contributed by atoms with van der Waals surface area (Å²) in [7, 11) is 0. The number of aliphatic hydroxyl groups is 1. The van der Waals surface area contributed by atoms with Crippen molar-refractivity contribution in [3.05, 3.63) is 16.1 Å². The second-order valence-corrected chi connectivity index (χ2v) is 5.14. The van der Waals surface area contributed by atoms with Gasteiger partial charge in [0, 0.05) is 6.20 Å². The molecule has 2 heterocycles. The van der Waals surface area contributed by atoms with Crippen molar-refractivity contribution in [2.24, 2.45) is 0 Å². The van der Waals surface area contributed by atoms with E-state index in [0.29, 0.717) is 17.8 Å². The van der Waals surface area contributed by atoms with E-state index in [9.17, 15) is 18.3 Å². The van der Waals surface area contributed by atoms with Crippen LogP contribution in [0.15, 0.2) is 6.20 Å². The van der Waals surface area contributed by atoms with Gasteiger partial charge in [0.05, 0.1) is 17.1 Å². The van der Waals surface area contributed by atoms with E-state index >= 15 is 0 Å². The normalized spacial score (nSPS) is 27.4. The lowest BCUT2D eigenvalue weighted by molar-refractivity contribution is -0.137. The monoisotopic (exact) mass is 267 g/mol. The first-order chi connectivity index (χ1) is 7.88. The molecule has 1 aromatic rings. The van der Waals surface area contributed by atoms with Crippen molar-refractivity contribution in [3.63, 3.8) is 0 Å². The van der Waals surface area contributed by atoms with Crippen molar-refractivity contribution in [3.8, 4) is 0 Å². The standard InChI is InChI=1S/C10H12F3NO2S/c1-5-2-3-6(16-5)8(15)7-4-14-9(17-7)10(11,12)13/h4-6,8,15H,2-3H2,1H3. The zero-order valence-corrected chi connectivity index (χ0v) is 9.88. The van der Waals surface area contributed by atoms with E-state index in [0.717, 1.165) is 12.6 Å². The Balaban J connectivity index is 2.09. The van der Waals surface area contributed by atoms with E-state index in [4.69, 9.17) is 4.74 Å². The molecular weight excluding hydrogens is 255 g/mol. The summed E-state index contributed by atoms with van der Waals surface area (Å²) in [4.78, 5) is 3.48. The number of ether oxygens (including phenoxy) is 1. The van der Waals surface area contributed by atoms with Gasteiger partial charge in [-0.3, -0.25) is 0 Å². The van der Waals surface area contributed by atoms with Crippen molar-refractivity contribution < 1.29 is 23.0 Å². The predicted molar refractivity (Wildman–Crippen MR) is 55.6 cm³/mol. The van der Waals surface area contributed by atoms with Gasteiger partial charge < -0.3 is 9.84 Å². The average molecular weight is 267 g/mol. The molecule has 1 aromatic heterocycles. The number of aliphatic hydroxyl groups excluding tert-OH is 1. The SMILES string of the molecule is CC1CCC(C(O)c2cnc(C(F)(F)F)s2)O1. The van der Waals surface area contributed by atoms with E-state index in [-0.39, 0.29) is 11.0 Å². The van der Waals surface area contributed by atoms with Gasteiger partial charge in [0.25, 0.3) is 0 Å². The van der Waals surface area contributed by atoms with E-state index < -0.39 is 23.4 Å². The Morgan fingerprint density at radius 3 is 2.71 bits per heavy atom. The maximum Gasteiger partial charge on any atom is 0.443 e. The van der Waals surface area contributed by atoms with Gasteiger partial charge in [-0.15, -0.1) is 11.3 Å². The summed E-state index contributed by atoms with van der Waals surface area (Å²) in [5, 5.41) is 8.96. The summed E-state index contributed by atoms with van der Waals surface area (Å²) in [6.45, 7) is 1.88. The van der Waals surface area contributed by atoms with Gasteiger partial charge in [-0.1, -0.05) is 0 Å². The zero-order chi connectivity index (χ0) is 12.6. The molecule has 1 aliphatic heterocycles. The number of rotatable bonds is 2. The van der Waals surface area contributed by atoms with Gasteiger partial charge >= 0.3 is 6.18 Å². The molecule has 0 aromatic carbocycles. The van der Waals surface area contributed by atoms with Crippen LogP contribution < -0.4 is 0 Å². The second kappa shape index (κ2) is 4.55. The predicted octanol–water partition coefficient (Wildman–Crippen LogP) is 2.76. The topological polar surface area (TPSA) is 42.4 Å². The molecule has 17 heavy (non-hydrogen) atoms. The first-order valence-corrected chi connectivity index (χ1v) is 6.06. The molecule has 96 valence electrons. The van der Waals surface area contributed by atoms with Crippen LogP contribution in [0.2, 0.25) is 0 Å². The number of nitrogens with zero attached hydrogens (tertiary/aromatic N) is 1. The summed E-state index contributed by atoms with van der Waals surface area (Å²) in [6.07, 6.45) is -3.31. The number of halogens is 3. The molecule has 0 saturated carbocycles. The van der Waals surface area contributed by atoms with E-state index in [2.05, 4.69) is 4.98 Å². The van der Waals surface area contributed by atoms with Crippen molar-refractivity contribution in [1.82, 2.24) is 4.98 Å². The first kappa shape index (κ1) is 12.8. The highest BCUT2D eigenvalue weighted by Crippen LogP contribution is 2.37. The molecule has 0 aliphatic carbocycles. The molecule has 1 aliphatic rings. The fourth-order valence-corrected chi connectivity index (χ4v) is 2.63. The molecule has 3 nitrogen and oxygen atoms in total. The summed E-state index contributed by atoms with van der Waals surface area (Å²) < 4.78 is 42.4. The highest BCUT2D eigenvalue weighted by atomic mass is 32.1. The van der Waals surface area contributed by atoms with Gasteiger partial charge in [-0.05, 0) is 19.8 Å². The third-order valence-corrected chi connectivity index (χ3v) is 3.79. The Labute approximate surface area is 100 Å². The minimum Gasteiger partial charge on any atom is -0.385 e. The maximum absolute atomic E-state index is 12.3. The van der Waals surface area contributed by atoms with Gasteiger partial charge in [0.1, 0.15) is 6.10 Å². The molecule has 1 saturated heterocycles. The summed E-state index contributed by atoms with van der Waals surface area (Å²) in [5.41, 5.74) is 0. The van der Waals surface area contributed by atoms with Gasteiger partial charge in [-0.25, -0.2) is 4.98 Å². The van der Waals surface area contributed by atoms with Crippen LogP contribution in [0.25, 0.3) is 0 Å². The smallest absolute Gasteiger partial charge is 0.385 e. The highest BCUT2D eigenvalue weighted by Gasteiger charge is 2.37. The van der Waals surface area contributed by atoms with Gasteiger partial charge in [-0.2, -0.15) is 13.2 Å². The molecule has 1 N–H and O–H groups in total.